The van der Waals surface area contributed by atoms with Crippen molar-refractivity contribution >= 4 is 40.0 Å². The van der Waals surface area contributed by atoms with Crippen LogP contribution < -0.4 is 10.0 Å². The molecule has 1 heterocycles. The van der Waals surface area contributed by atoms with Crippen molar-refractivity contribution in [1.82, 2.24) is 14.9 Å². The molecule has 0 atom stereocenters. The van der Waals surface area contributed by atoms with Crippen molar-refractivity contribution in [1.29, 1.82) is 0 Å². The van der Waals surface area contributed by atoms with Gasteiger partial charge in [-0.05, 0) is 44.7 Å². The lowest BCUT2D eigenvalue weighted by Crippen LogP contribution is -2.45. The van der Waals surface area contributed by atoms with Crippen molar-refractivity contribution in [2.24, 2.45) is 10.9 Å². The van der Waals surface area contributed by atoms with Crippen LogP contribution in [0.5, 0.6) is 0 Å². The van der Waals surface area contributed by atoms with Crippen LogP contribution in [0.25, 0.3) is 0 Å². The zero-order valence-electron chi connectivity index (χ0n) is 15.9. The van der Waals surface area contributed by atoms with Crippen LogP contribution in [-0.2, 0) is 10.0 Å². The molecule has 1 aromatic rings. The molecule has 8 heteroatoms. The van der Waals surface area contributed by atoms with Gasteiger partial charge < -0.3 is 10.2 Å². The Labute approximate surface area is 174 Å². The molecule has 0 aromatic heterocycles. The Balaban J connectivity index is 0.00000338. The Hall–Kier alpha value is -0.870. The Morgan fingerprint density at radius 3 is 2.42 bits per heavy atom. The summed E-state index contributed by atoms with van der Waals surface area (Å²) >= 11 is 0. The number of nitrogens with one attached hydrogen (secondary N) is 2. The van der Waals surface area contributed by atoms with E-state index in [1.165, 1.54) is 12.8 Å². The van der Waals surface area contributed by atoms with Gasteiger partial charge in [-0.25, -0.2) is 13.1 Å². The van der Waals surface area contributed by atoms with E-state index in [2.05, 4.69) is 26.9 Å². The van der Waals surface area contributed by atoms with E-state index in [-0.39, 0.29) is 30.5 Å². The summed E-state index contributed by atoms with van der Waals surface area (Å²) in [4.78, 5) is 7.13. The predicted molar refractivity (Wildman–Crippen MR) is 118 cm³/mol. The van der Waals surface area contributed by atoms with Crippen molar-refractivity contribution in [3.8, 4) is 0 Å². The fourth-order valence-corrected chi connectivity index (χ4v) is 3.81. The summed E-state index contributed by atoms with van der Waals surface area (Å²) in [7, 11) is -3.47. The third-order valence-electron chi connectivity index (χ3n) is 4.41. The number of rotatable bonds is 6. The normalized spacial score (nSPS) is 16.3. The molecule has 2 N–H and O–H groups in total. The molecule has 0 unspecified atom stereocenters. The van der Waals surface area contributed by atoms with E-state index in [0.29, 0.717) is 11.4 Å². The Morgan fingerprint density at radius 2 is 1.85 bits per heavy atom. The highest BCUT2D eigenvalue weighted by molar-refractivity contribution is 14.0. The summed E-state index contributed by atoms with van der Waals surface area (Å²) in [6, 6.07) is 6.85. The second-order valence-corrected chi connectivity index (χ2v) is 8.38. The number of nitrogens with zero attached hydrogens (tertiary/aromatic N) is 2. The van der Waals surface area contributed by atoms with E-state index in [9.17, 15) is 8.42 Å². The van der Waals surface area contributed by atoms with Crippen LogP contribution in [0.15, 0.2) is 34.2 Å². The van der Waals surface area contributed by atoms with Gasteiger partial charge in [-0.1, -0.05) is 24.6 Å². The van der Waals surface area contributed by atoms with Gasteiger partial charge in [0.25, 0.3) is 0 Å². The van der Waals surface area contributed by atoms with Crippen molar-refractivity contribution in [3.63, 3.8) is 0 Å². The number of hydrogen-bond acceptors (Lipinski definition) is 3. The van der Waals surface area contributed by atoms with E-state index in [0.717, 1.165) is 37.1 Å². The molecule has 6 nitrogen and oxygen atoms in total. The van der Waals surface area contributed by atoms with Crippen LogP contribution in [0.3, 0.4) is 0 Å². The molecule has 2 rings (SSSR count). The summed E-state index contributed by atoms with van der Waals surface area (Å²) in [6.45, 7) is 9.77. The molecule has 0 radical (unpaired) electrons. The highest BCUT2D eigenvalue weighted by Crippen LogP contribution is 2.15. The average Bonchev–Trinajstić information content (AvgIpc) is 2.59. The average molecular weight is 494 g/mol. The maximum atomic E-state index is 12.3. The molecule has 0 amide bonds. The first-order chi connectivity index (χ1) is 11.9. The molecule has 1 fully saturated rings. The Kier molecular flexibility index (Phi) is 9.88. The lowest BCUT2D eigenvalue weighted by atomic mass is 10.00. The van der Waals surface area contributed by atoms with E-state index in [4.69, 9.17) is 0 Å². The van der Waals surface area contributed by atoms with Gasteiger partial charge in [0.2, 0.25) is 10.0 Å². The van der Waals surface area contributed by atoms with Crippen molar-refractivity contribution in [2.45, 2.75) is 38.5 Å². The molecular formula is C18H31IN4O2S. The number of benzene rings is 1. The number of halogens is 1. The lowest BCUT2D eigenvalue weighted by Gasteiger charge is -2.33. The summed E-state index contributed by atoms with van der Waals surface area (Å²) in [5, 5.41) is 3.30. The van der Waals surface area contributed by atoms with Crippen molar-refractivity contribution < 1.29 is 8.42 Å². The lowest BCUT2D eigenvalue weighted by molar-refractivity contribution is 0.273. The quantitative estimate of drug-likeness (QED) is 0.276. The zero-order valence-corrected chi connectivity index (χ0v) is 19.0. The largest absolute Gasteiger partial charge is 0.357 e. The highest BCUT2D eigenvalue weighted by Gasteiger charge is 2.18. The van der Waals surface area contributed by atoms with Crippen LogP contribution in [0.4, 0.5) is 0 Å². The minimum Gasteiger partial charge on any atom is -0.357 e. The molecule has 1 aromatic carbocycles. The van der Waals surface area contributed by atoms with E-state index < -0.39 is 10.0 Å². The number of aryl methyl sites for hydroxylation is 1. The maximum absolute atomic E-state index is 12.3. The zero-order chi connectivity index (χ0) is 18.3. The van der Waals surface area contributed by atoms with Gasteiger partial charge in [-0.2, -0.15) is 0 Å². The standard InChI is InChI=1S/C18H30N4O2S.HI/c1-4-19-18(22-13-9-16(3)10-14-22)20-11-12-21-25(23,24)17-7-5-15(2)6-8-17;/h5-8,16,21H,4,9-14H2,1-3H3,(H,19,20);1H. The first-order valence-corrected chi connectivity index (χ1v) is 10.5. The Bertz CT molecular complexity index is 669. The second-order valence-electron chi connectivity index (χ2n) is 6.62. The number of piperidine rings is 1. The molecule has 0 bridgehead atoms. The first kappa shape index (κ1) is 23.2. The van der Waals surface area contributed by atoms with Crippen LogP contribution in [-0.4, -0.2) is 52.0 Å². The van der Waals surface area contributed by atoms with E-state index >= 15 is 0 Å². The van der Waals surface area contributed by atoms with Crippen LogP contribution in [0.1, 0.15) is 32.3 Å². The number of sulfonamides is 1. The molecular weight excluding hydrogens is 463 g/mol. The van der Waals surface area contributed by atoms with Gasteiger partial charge in [0.1, 0.15) is 0 Å². The van der Waals surface area contributed by atoms with Crippen LogP contribution in [0, 0.1) is 12.8 Å². The van der Waals surface area contributed by atoms with Crippen LogP contribution >= 0.6 is 24.0 Å². The number of likely N-dealkylation sites (tertiary alicyclic amines) is 1. The number of guanidine groups is 1. The summed E-state index contributed by atoms with van der Waals surface area (Å²) in [5.74, 6) is 1.64. The molecule has 26 heavy (non-hydrogen) atoms. The molecule has 1 saturated heterocycles. The molecule has 1 aliphatic rings. The third-order valence-corrected chi connectivity index (χ3v) is 5.89. The first-order valence-electron chi connectivity index (χ1n) is 9.02. The monoisotopic (exact) mass is 494 g/mol. The van der Waals surface area contributed by atoms with Gasteiger partial charge in [0.05, 0.1) is 11.4 Å². The summed E-state index contributed by atoms with van der Waals surface area (Å²) in [6.07, 6.45) is 2.34. The minimum atomic E-state index is -3.47. The maximum Gasteiger partial charge on any atom is 0.240 e. The smallest absolute Gasteiger partial charge is 0.240 e. The van der Waals surface area contributed by atoms with Gasteiger partial charge in [-0.15, -0.1) is 24.0 Å². The van der Waals surface area contributed by atoms with E-state index in [1.54, 1.807) is 24.3 Å². The third kappa shape index (κ3) is 7.03. The molecule has 0 spiro atoms. The second kappa shape index (κ2) is 11.1. The molecule has 1 aliphatic heterocycles. The van der Waals surface area contributed by atoms with Crippen molar-refractivity contribution in [3.05, 3.63) is 29.8 Å². The number of hydrogen-bond donors (Lipinski definition) is 2. The fraction of sp³-hybridized carbons (Fsp3) is 0.611. The Morgan fingerprint density at radius 1 is 1.23 bits per heavy atom. The van der Waals surface area contributed by atoms with Gasteiger partial charge in [0, 0.05) is 26.2 Å². The summed E-state index contributed by atoms with van der Waals surface area (Å²) < 4.78 is 27.2. The van der Waals surface area contributed by atoms with Crippen LogP contribution in [0.2, 0.25) is 0 Å². The predicted octanol–water partition coefficient (Wildman–Crippen LogP) is 2.59. The minimum absolute atomic E-state index is 0. The van der Waals surface area contributed by atoms with Crippen molar-refractivity contribution in [2.75, 3.05) is 32.7 Å². The number of aliphatic imine (C=N–C) groups is 1. The highest BCUT2D eigenvalue weighted by atomic mass is 127. The van der Waals surface area contributed by atoms with Gasteiger partial charge in [0.15, 0.2) is 5.96 Å². The molecule has 0 saturated carbocycles. The molecule has 148 valence electrons. The van der Waals surface area contributed by atoms with E-state index in [1.807, 2.05) is 13.8 Å². The fourth-order valence-electron chi connectivity index (χ4n) is 2.79. The van der Waals surface area contributed by atoms with Gasteiger partial charge >= 0.3 is 0 Å². The SMILES string of the molecule is CCNC(=NCCNS(=O)(=O)c1ccc(C)cc1)N1CCC(C)CC1.I. The van der Waals surface area contributed by atoms with Gasteiger partial charge in [-0.3, -0.25) is 4.99 Å². The molecule has 0 aliphatic carbocycles. The summed E-state index contributed by atoms with van der Waals surface area (Å²) in [5.41, 5.74) is 1.04. The topological polar surface area (TPSA) is 73.8 Å².